The van der Waals surface area contributed by atoms with Crippen molar-refractivity contribution in [3.05, 3.63) is 48.2 Å². The fourth-order valence-corrected chi connectivity index (χ4v) is 4.78. The zero-order chi connectivity index (χ0) is 16.3. The van der Waals surface area contributed by atoms with Crippen molar-refractivity contribution in [3.8, 4) is 0 Å². The molecule has 24 heavy (non-hydrogen) atoms. The maximum absolute atomic E-state index is 12.9. The highest BCUT2D eigenvalue weighted by Gasteiger charge is 2.58. The number of hydrogen-bond donors (Lipinski definition) is 2. The van der Waals surface area contributed by atoms with Gasteiger partial charge in [0.2, 0.25) is 5.91 Å². The summed E-state index contributed by atoms with van der Waals surface area (Å²) in [6.45, 7) is 5.08. The van der Waals surface area contributed by atoms with Crippen LogP contribution in [0.1, 0.15) is 24.1 Å². The maximum atomic E-state index is 12.9. The molecule has 5 rings (SSSR count). The van der Waals surface area contributed by atoms with E-state index in [0.29, 0.717) is 13.0 Å². The predicted molar refractivity (Wildman–Crippen MR) is 91.5 cm³/mol. The molecular weight excluding hydrogens is 302 g/mol. The van der Waals surface area contributed by atoms with Crippen molar-refractivity contribution in [2.24, 2.45) is 0 Å². The van der Waals surface area contributed by atoms with Crippen molar-refractivity contribution in [1.82, 2.24) is 15.2 Å². The number of amides is 1. The highest BCUT2D eigenvalue weighted by atomic mass is 16.5. The molecule has 1 amide bonds. The molecule has 5 heteroatoms. The van der Waals surface area contributed by atoms with E-state index in [1.807, 2.05) is 11.0 Å². The normalized spacial score (nSPS) is 31.2. The van der Waals surface area contributed by atoms with Gasteiger partial charge in [-0.15, -0.1) is 6.58 Å². The summed E-state index contributed by atoms with van der Waals surface area (Å²) in [4.78, 5) is 18.5. The van der Waals surface area contributed by atoms with E-state index >= 15 is 0 Å². The highest BCUT2D eigenvalue weighted by Crippen LogP contribution is 2.46. The molecular formula is C19H21N3O2. The number of aromatic nitrogens is 1. The number of nitrogens with one attached hydrogen (secondary N) is 2. The zero-order valence-electron chi connectivity index (χ0n) is 13.5. The molecule has 5 nitrogen and oxygen atoms in total. The standard InChI is InChI=1S/C19H21N3O2/c1-2-10-24-19-16-8-5-9-22(16)18(23)15(21-19)11-13-12-6-3-4-7-14(12)20-17(13)19/h2-4,6-7,15-16,20-21H,1,5,8-11H2/t15-,16+,19+/m1/s1. The van der Waals surface area contributed by atoms with Gasteiger partial charge in [0.15, 0.2) is 5.72 Å². The van der Waals surface area contributed by atoms with Crippen molar-refractivity contribution in [2.45, 2.75) is 37.1 Å². The molecule has 3 aliphatic rings. The number of hydrogen-bond acceptors (Lipinski definition) is 3. The monoisotopic (exact) mass is 323 g/mol. The Kier molecular flexibility index (Phi) is 2.94. The number of rotatable bonds is 3. The number of fused-ring (bicyclic) bond motifs is 8. The summed E-state index contributed by atoms with van der Waals surface area (Å²) in [6.07, 6.45) is 4.47. The molecule has 0 saturated carbocycles. The first-order valence-corrected chi connectivity index (χ1v) is 8.67. The molecule has 0 unspecified atom stereocenters. The Morgan fingerprint density at radius 3 is 3.17 bits per heavy atom. The number of piperazine rings is 1. The molecule has 3 atom stereocenters. The summed E-state index contributed by atoms with van der Waals surface area (Å²) in [5, 5.41) is 4.75. The van der Waals surface area contributed by atoms with Gasteiger partial charge in [0, 0.05) is 17.4 Å². The second-order valence-electron chi connectivity index (χ2n) is 6.95. The SMILES string of the molecule is C=CCO[C@]12N[C@H](Cc3c1[nH]c1ccccc31)C(=O)N1CCC[C@H]12. The lowest BCUT2D eigenvalue weighted by atomic mass is 9.82. The van der Waals surface area contributed by atoms with Crippen LogP contribution in [0.15, 0.2) is 36.9 Å². The average molecular weight is 323 g/mol. The van der Waals surface area contributed by atoms with E-state index in [1.165, 1.54) is 10.9 Å². The predicted octanol–water partition coefficient (Wildman–Crippen LogP) is 2.04. The fourth-order valence-electron chi connectivity index (χ4n) is 4.78. The Bertz CT molecular complexity index is 842. The van der Waals surface area contributed by atoms with Crippen molar-refractivity contribution >= 4 is 16.8 Å². The Morgan fingerprint density at radius 2 is 2.29 bits per heavy atom. The molecule has 2 aromatic rings. The van der Waals surface area contributed by atoms with E-state index in [4.69, 9.17) is 4.74 Å². The molecule has 2 fully saturated rings. The highest BCUT2D eigenvalue weighted by molar-refractivity contribution is 5.90. The van der Waals surface area contributed by atoms with Gasteiger partial charge in [-0.1, -0.05) is 24.3 Å². The van der Waals surface area contributed by atoms with Gasteiger partial charge in [-0.25, -0.2) is 0 Å². The van der Waals surface area contributed by atoms with Crippen LogP contribution < -0.4 is 5.32 Å². The molecule has 2 saturated heterocycles. The number of carbonyl (C=O) groups is 1. The van der Waals surface area contributed by atoms with Crippen molar-refractivity contribution in [3.63, 3.8) is 0 Å². The van der Waals surface area contributed by atoms with Crippen LogP contribution in [-0.2, 0) is 21.7 Å². The number of benzene rings is 1. The summed E-state index contributed by atoms with van der Waals surface area (Å²) in [5.74, 6) is 0.214. The van der Waals surface area contributed by atoms with Crippen LogP contribution in [0, 0.1) is 0 Å². The van der Waals surface area contributed by atoms with E-state index in [1.54, 1.807) is 6.08 Å². The minimum absolute atomic E-state index is 0.0355. The molecule has 1 aromatic carbocycles. The molecule has 0 radical (unpaired) electrons. The number of H-pyrrole nitrogens is 1. The van der Waals surface area contributed by atoms with Gasteiger partial charge in [-0.2, -0.15) is 0 Å². The quantitative estimate of drug-likeness (QED) is 0.850. The van der Waals surface area contributed by atoms with Crippen LogP contribution in [0.4, 0.5) is 0 Å². The number of aromatic amines is 1. The molecule has 124 valence electrons. The lowest BCUT2D eigenvalue weighted by Crippen LogP contribution is -2.72. The molecule has 0 spiro atoms. The zero-order valence-corrected chi connectivity index (χ0v) is 13.5. The van der Waals surface area contributed by atoms with Crippen molar-refractivity contribution in [2.75, 3.05) is 13.2 Å². The summed E-state index contributed by atoms with van der Waals surface area (Å²) >= 11 is 0. The lowest BCUT2D eigenvalue weighted by Gasteiger charge is -2.52. The van der Waals surface area contributed by atoms with Crippen molar-refractivity contribution in [1.29, 1.82) is 0 Å². The van der Waals surface area contributed by atoms with Crippen LogP contribution in [0.25, 0.3) is 10.9 Å². The van der Waals surface area contributed by atoms with Gasteiger partial charge >= 0.3 is 0 Å². The third-order valence-electron chi connectivity index (χ3n) is 5.71. The van der Waals surface area contributed by atoms with E-state index in [2.05, 4.69) is 35.1 Å². The van der Waals surface area contributed by atoms with Crippen LogP contribution in [0.5, 0.6) is 0 Å². The first-order valence-electron chi connectivity index (χ1n) is 8.67. The summed E-state index contributed by atoms with van der Waals surface area (Å²) in [7, 11) is 0. The maximum Gasteiger partial charge on any atom is 0.240 e. The largest absolute Gasteiger partial charge is 0.355 e. The Balaban J connectivity index is 1.76. The summed E-state index contributed by atoms with van der Waals surface area (Å²) in [6, 6.07) is 8.13. The topological polar surface area (TPSA) is 57.4 Å². The molecule has 2 bridgehead atoms. The second kappa shape index (κ2) is 4.94. The molecule has 3 aliphatic heterocycles. The molecule has 0 aliphatic carbocycles. The van der Waals surface area contributed by atoms with E-state index < -0.39 is 5.72 Å². The minimum Gasteiger partial charge on any atom is -0.355 e. The van der Waals surface area contributed by atoms with Crippen LogP contribution >= 0.6 is 0 Å². The number of nitrogens with zero attached hydrogens (tertiary/aromatic N) is 1. The summed E-state index contributed by atoms with van der Waals surface area (Å²) in [5.41, 5.74) is 2.76. The Labute approximate surface area is 140 Å². The third-order valence-corrected chi connectivity index (χ3v) is 5.71. The van der Waals surface area contributed by atoms with Crippen LogP contribution in [0.2, 0.25) is 0 Å². The molecule has 4 heterocycles. The van der Waals surface area contributed by atoms with E-state index in [0.717, 1.165) is 30.6 Å². The van der Waals surface area contributed by atoms with E-state index in [9.17, 15) is 4.79 Å². The van der Waals surface area contributed by atoms with Gasteiger partial charge in [0.25, 0.3) is 0 Å². The van der Waals surface area contributed by atoms with Gasteiger partial charge in [-0.05, 0) is 30.9 Å². The fraction of sp³-hybridized carbons (Fsp3) is 0.421. The van der Waals surface area contributed by atoms with Gasteiger partial charge in [0.05, 0.1) is 24.4 Å². The van der Waals surface area contributed by atoms with Crippen LogP contribution in [0.3, 0.4) is 0 Å². The van der Waals surface area contributed by atoms with Crippen LogP contribution in [-0.4, -0.2) is 41.0 Å². The Morgan fingerprint density at radius 1 is 1.42 bits per heavy atom. The number of para-hydroxylation sites is 1. The smallest absolute Gasteiger partial charge is 0.240 e. The van der Waals surface area contributed by atoms with Gasteiger partial charge < -0.3 is 14.6 Å². The molecule has 1 aromatic heterocycles. The minimum atomic E-state index is -0.657. The van der Waals surface area contributed by atoms with Crippen molar-refractivity contribution < 1.29 is 9.53 Å². The first-order chi connectivity index (χ1) is 11.7. The average Bonchev–Trinajstić information content (AvgIpc) is 3.24. The number of carbonyl (C=O) groups excluding carboxylic acids is 1. The van der Waals surface area contributed by atoms with E-state index in [-0.39, 0.29) is 18.0 Å². The second-order valence-corrected chi connectivity index (χ2v) is 6.95. The number of ether oxygens (including phenoxy) is 1. The lowest BCUT2D eigenvalue weighted by molar-refractivity contribution is -0.175. The molecule has 2 N–H and O–H groups in total. The third kappa shape index (κ3) is 1.69. The van der Waals surface area contributed by atoms with Gasteiger partial charge in [0.1, 0.15) is 0 Å². The summed E-state index contributed by atoms with van der Waals surface area (Å²) < 4.78 is 6.35. The Hall–Kier alpha value is -2.11. The first kappa shape index (κ1) is 14.3. The van der Waals surface area contributed by atoms with Gasteiger partial charge in [-0.3, -0.25) is 10.1 Å².